The van der Waals surface area contributed by atoms with Crippen molar-refractivity contribution in [3.8, 4) is 6.01 Å². The molecule has 1 N–H and O–H groups in total. The first-order valence-electron chi connectivity index (χ1n) is 4.86. The van der Waals surface area contributed by atoms with Gasteiger partial charge in [0.15, 0.2) is 0 Å². The normalized spacial score (nSPS) is 10.8. The van der Waals surface area contributed by atoms with E-state index in [0.29, 0.717) is 24.8 Å². The van der Waals surface area contributed by atoms with Gasteiger partial charge < -0.3 is 4.74 Å². The number of hydrogen-bond acceptors (Lipinski definition) is 4. The molecule has 2 rings (SSSR count). The maximum Gasteiger partial charge on any atom is 0.312 e. The lowest BCUT2D eigenvalue weighted by molar-refractivity contribution is 0.313. The molecule has 6 nitrogen and oxygen atoms in total. The Morgan fingerprint density at radius 3 is 2.93 bits per heavy atom. The fourth-order valence-corrected chi connectivity index (χ4v) is 1.29. The minimum absolute atomic E-state index is 0.171. The molecular formula is C9H12N4O2. The number of nitrogens with zero attached hydrogens (tertiary/aromatic N) is 3. The van der Waals surface area contributed by atoms with Crippen LogP contribution >= 0.6 is 0 Å². The minimum Gasteiger partial charge on any atom is -0.464 e. The van der Waals surface area contributed by atoms with Crippen molar-refractivity contribution in [3.05, 3.63) is 22.1 Å². The van der Waals surface area contributed by atoms with Gasteiger partial charge in [0, 0.05) is 11.8 Å². The van der Waals surface area contributed by atoms with Crippen LogP contribution in [0.2, 0.25) is 0 Å². The number of aryl methyl sites for hydroxylation is 1. The van der Waals surface area contributed by atoms with Crippen molar-refractivity contribution in [2.45, 2.75) is 20.3 Å². The molecule has 0 spiro atoms. The Morgan fingerprint density at radius 1 is 1.47 bits per heavy atom. The number of aromatic nitrogens is 4. The maximum atomic E-state index is 11.6. The number of fused-ring (bicyclic) bond motifs is 1. The van der Waals surface area contributed by atoms with Crippen molar-refractivity contribution in [2.75, 3.05) is 6.61 Å². The molecule has 0 saturated heterocycles. The zero-order valence-electron chi connectivity index (χ0n) is 8.65. The highest BCUT2D eigenvalue weighted by atomic mass is 16.5. The van der Waals surface area contributed by atoms with Crippen LogP contribution in [0.15, 0.2) is 10.9 Å². The Bertz CT molecular complexity index is 528. The van der Waals surface area contributed by atoms with Crippen molar-refractivity contribution in [2.24, 2.45) is 0 Å². The molecule has 6 heteroatoms. The maximum absolute atomic E-state index is 11.6. The standard InChI is InChI=1S/C9H12N4O2/c1-3-6-5-7(14)13-8(10-6)11-9(12-13)15-4-2/h5H,3-4H2,1-2H3,(H,10,11,12). The van der Waals surface area contributed by atoms with Crippen LogP contribution in [0.1, 0.15) is 19.5 Å². The Balaban J connectivity index is 2.59. The second-order valence-electron chi connectivity index (χ2n) is 3.04. The third-order valence-electron chi connectivity index (χ3n) is 2.01. The predicted octanol–water partition coefficient (Wildman–Crippen LogP) is 0.379. The number of aromatic amines is 1. The van der Waals surface area contributed by atoms with E-state index in [9.17, 15) is 4.79 Å². The van der Waals surface area contributed by atoms with Gasteiger partial charge in [-0.25, -0.2) is 10.1 Å². The van der Waals surface area contributed by atoms with Crippen LogP contribution in [-0.2, 0) is 6.42 Å². The van der Waals surface area contributed by atoms with Crippen LogP contribution in [0.5, 0.6) is 6.01 Å². The molecule has 0 fully saturated rings. The van der Waals surface area contributed by atoms with E-state index >= 15 is 0 Å². The third-order valence-corrected chi connectivity index (χ3v) is 2.01. The minimum atomic E-state index is -0.171. The van der Waals surface area contributed by atoms with Crippen LogP contribution in [0, 0.1) is 0 Å². The van der Waals surface area contributed by atoms with Crippen molar-refractivity contribution < 1.29 is 4.74 Å². The lowest BCUT2D eigenvalue weighted by Crippen LogP contribution is -2.15. The molecule has 0 saturated carbocycles. The van der Waals surface area contributed by atoms with Crippen molar-refractivity contribution >= 4 is 5.78 Å². The smallest absolute Gasteiger partial charge is 0.312 e. The fourth-order valence-electron chi connectivity index (χ4n) is 1.29. The molecule has 2 heterocycles. The van der Waals surface area contributed by atoms with Gasteiger partial charge in [0.05, 0.1) is 6.61 Å². The van der Waals surface area contributed by atoms with Gasteiger partial charge in [-0.2, -0.15) is 9.50 Å². The summed E-state index contributed by atoms with van der Waals surface area (Å²) in [5, 5.41) is 2.72. The highest BCUT2D eigenvalue weighted by molar-refractivity contribution is 5.29. The van der Waals surface area contributed by atoms with E-state index in [1.807, 2.05) is 13.8 Å². The summed E-state index contributed by atoms with van der Waals surface area (Å²) >= 11 is 0. The van der Waals surface area contributed by atoms with Crippen LogP contribution in [0.3, 0.4) is 0 Å². The van der Waals surface area contributed by atoms with Crippen molar-refractivity contribution in [3.63, 3.8) is 0 Å². The van der Waals surface area contributed by atoms with Crippen LogP contribution in [0.25, 0.3) is 5.78 Å². The average Bonchev–Trinajstić information content (AvgIpc) is 2.61. The van der Waals surface area contributed by atoms with E-state index in [4.69, 9.17) is 4.74 Å². The predicted molar refractivity (Wildman–Crippen MR) is 54.2 cm³/mol. The van der Waals surface area contributed by atoms with E-state index in [0.717, 1.165) is 5.69 Å². The van der Waals surface area contributed by atoms with Gasteiger partial charge in [-0.05, 0) is 13.3 Å². The number of nitrogens with one attached hydrogen (secondary N) is 1. The van der Waals surface area contributed by atoms with Crippen molar-refractivity contribution in [1.29, 1.82) is 0 Å². The second kappa shape index (κ2) is 3.72. The van der Waals surface area contributed by atoms with E-state index in [2.05, 4.69) is 15.1 Å². The fraction of sp³-hybridized carbons (Fsp3) is 0.444. The van der Waals surface area contributed by atoms with Crippen LogP contribution in [0.4, 0.5) is 0 Å². The Kier molecular flexibility index (Phi) is 2.40. The summed E-state index contributed by atoms with van der Waals surface area (Å²) in [4.78, 5) is 19.8. The quantitative estimate of drug-likeness (QED) is 0.791. The van der Waals surface area contributed by atoms with E-state index < -0.39 is 0 Å². The van der Waals surface area contributed by atoms with E-state index in [1.165, 1.54) is 10.6 Å². The molecule has 2 aromatic rings. The molecular weight excluding hydrogens is 196 g/mol. The summed E-state index contributed by atoms with van der Waals surface area (Å²) in [6.45, 7) is 4.28. The Labute approximate surface area is 85.9 Å². The SMILES string of the molecule is CCOc1nc2nc(CC)cc(=O)n2[nH]1. The summed E-state index contributed by atoms with van der Waals surface area (Å²) in [6.07, 6.45) is 0.711. The molecule has 15 heavy (non-hydrogen) atoms. The summed E-state index contributed by atoms with van der Waals surface area (Å²) in [5.41, 5.74) is 0.560. The van der Waals surface area contributed by atoms with Crippen LogP contribution < -0.4 is 10.3 Å². The van der Waals surface area contributed by atoms with Gasteiger partial charge in [-0.15, -0.1) is 0 Å². The third kappa shape index (κ3) is 1.70. The molecule has 0 aliphatic rings. The molecule has 0 bridgehead atoms. The largest absolute Gasteiger partial charge is 0.464 e. The number of rotatable bonds is 3. The molecule has 0 aromatic carbocycles. The monoisotopic (exact) mass is 208 g/mol. The highest BCUT2D eigenvalue weighted by Crippen LogP contribution is 2.03. The first-order valence-corrected chi connectivity index (χ1v) is 4.86. The molecule has 0 radical (unpaired) electrons. The van der Waals surface area contributed by atoms with Gasteiger partial charge >= 0.3 is 6.01 Å². The van der Waals surface area contributed by atoms with Crippen LogP contribution in [-0.4, -0.2) is 26.2 Å². The lowest BCUT2D eigenvalue weighted by atomic mass is 10.3. The molecule has 0 amide bonds. The molecule has 0 atom stereocenters. The van der Waals surface area contributed by atoms with E-state index in [1.54, 1.807) is 0 Å². The Hall–Kier alpha value is -1.85. The molecule has 0 aliphatic carbocycles. The summed E-state index contributed by atoms with van der Waals surface area (Å²) in [6, 6.07) is 1.80. The van der Waals surface area contributed by atoms with Gasteiger partial charge in [0.25, 0.3) is 11.3 Å². The summed E-state index contributed by atoms with van der Waals surface area (Å²) < 4.78 is 6.42. The zero-order chi connectivity index (χ0) is 10.8. The molecule has 2 aromatic heterocycles. The molecule has 80 valence electrons. The topological polar surface area (TPSA) is 72.3 Å². The van der Waals surface area contributed by atoms with Gasteiger partial charge in [0.2, 0.25) is 0 Å². The summed E-state index contributed by atoms with van der Waals surface area (Å²) in [5.74, 6) is 0.350. The molecule has 0 unspecified atom stereocenters. The van der Waals surface area contributed by atoms with Gasteiger partial charge in [0.1, 0.15) is 0 Å². The lowest BCUT2D eigenvalue weighted by Gasteiger charge is -1.94. The zero-order valence-corrected chi connectivity index (χ0v) is 8.65. The summed E-state index contributed by atoms with van der Waals surface area (Å²) in [7, 11) is 0. The average molecular weight is 208 g/mol. The van der Waals surface area contributed by atoms with Crippen molar-refractivity contribution in [1.82, 2.24) is 19.6 Å². The highest BCUT2D eigenvalue weighted by Gasteiger charge is 2.07. The number of ether oxygens (including phenoxy) is 1. The Morgan fingerprint density at radius 2 is 2.27 bits per heavy atom. The number of hydrogen-bond donors (Lipinski definition) is 1. The van der Waals surface area contributed by atoms with Gasteiger partial charge in [-0.3, -0.25) is 4.79 Å². The van der Waals surface area contributed by atoms with Gasteiger partial charge in [-0.1, -0.05) is 6.92 Å². The van der Waals surface area contributed by atoms with E-state index in [-0.39, 0.29) is 5.56 Å². The number of H-pyrrole nitrogens is 1. The molecule has 0 aliphatic heterocycles. The second-order valence-corrected chi connectivity index (χ2v) is 3.04. The first-order chi connectivity index (χ1) is 7.24. The first kappa shape index (κ1) is 9.70.